The highest BCUT2D eigenvalue weighted by Crippen LogP contribution is 2.22. The standard InChI is InChI=1S/C17H19N5O2S/c1-2-3-10-22-16(24)20-21-17(22)25-11-15(23)19-14-8-4-7-13-12(14)6-5-9-18-13/h4-9H,2-3,10-11H2,1H3,(H,19,23)(H,20,24). The Morgan fingerprint density at radius 2 is 2.20 bits per heavy atom. The number of H-pyrrole nitrogens is 1. The summed E-state index contributed by atoms with van der Waals surface area (Å²) in [5.41, 5.74) is 1.31. The number of carbonyl (C=O) groups excluding carboxylic acids is 1. The minimum absolute atomic E-state index is 0.154. The first kappa shape index (κ1) is 17.2. The molecule has 0 saturated carbocycles. The molecule has 0 aliphatic carbocycles. The van der Waals surface area contributed by atoms with Crippen LogP contribution in [0.1, 0.15) is 19.8 Å². The first-order valence-electron chi connectivity index (χ1n) is 8.10. The fourth-order valence-electron chi connectivity index (χ4n) is 2.46. The fourth-order valence-corrected chi connectivity index (χ4v) is 3.23. The van der Waals surface area contributed by atoms with Crippen LogP contribution in [-0.2, 0) is 11.3 Å². The largest absolute Gasteiger partial charge is 0.343 e. The van der Waals surface area contributed by atoms with E-state index in [4.69, 9.17) is 0 Å². The number of rotatable bonds is 7. The second kappa shape index (κ2) is 7.98. The number of anilines is 1. The predicted molar refractivity (Wildman–Crippen MR) is 98.9 cm³/mol. The normalized spacial score (nSPS) is 10.9. The molecule has 0 spiro atoms. The van der Waals surface area contributed by atoms with Crippen molar-refractivity contribution in [1.82, 2.24) is 19.7 Å². The third kappa shape index (κ3) is 4.08. The van der Waals surface area contributed by atoms with E-state index in [1.165, 1.54) is 11.8 Å². The number of nitrogens with zero attached hydrogens (tertiary/aromatic N) is 3. The fraction of sp³-hybridized carbons (Fsp3) is 0.294. The Bertz CT molecular complexity index is 929. The molecular weight excluding hydrogens is 338 g/mol. The van der Waals surface area contributed by atoms with Crippen molar-refractivity contribution in [2.45, 2.75) is 31.5 Å². The first-order chi connectivity index (χ1) is 12.2. The van der Waals surface area contributed by atoms with Gasteiger partial charge in [0.15, 0.2) is 5.16 Å². The molecule has 2 heterocycles. The zero-order chi connectivity index (χ0) is 17.6. The van der Waals surface area contributed by atoms with Gasteiger partial charge in [-0.25, -0.2) is 9.89 Å². The number of pyridine rings is 1. The van der Waals surface area contributed by atoms with Gasteiger partial charge in [0, 0.05) is 18.1 Å². The van der Waals surface area contributed by atoms with Gasteiger partial charge in [-0.3, -0.25) is 14.3 Å². The number of carbonyl (C=O) groups is 1. The number of aromatic amines is 1. The molecule has 8 heteroatoms. The molecule has 0 aliphatic rings. The van der Waals surface area contributed by atoms with Gasteiger partial charge in [-0.2, -0.15) is 0 Å². The van der Waals surface area contributed by atoms with Crippen molar-refractivity contribution in [1.29, 1.82) is 0 Å². The van der Waals surface area contributed by atoms with E-state index in [-0.39, 0.29) is 17.3 Å². The van der Waals surface area contributed by atoms with E-state index in [2.05, 4.69) is 27.4 Å². The predicted octanol–water partition coefficient (Wildman–Crippen LogP) is 2.65. The third-order valence-electron chi connectivity index (χ3n) is 3.71. The summed E-state index contributed by atoms with van der Waals surface area (Å²) in [6.45, 7) is 2.66. The van der Waals surface area contributed by atoms with Gasteiger partial charge in [0.25, 0.3) is 0 Å². The van der Waals surface area contributed by atoms with Crippen LogP contribution in [0, 0.1) is 0 Å². The number of thioether (sulfide) groups is 1. The molecule has 0 bridgehead atoms. The maximum atomic E-state index is 12.3. The summed E-state index contributed by atoms with van der Waals surface area (Å²) in [7, 11) is 0. The average molecular weight is 357 g/mol. The molecule has 0 radical (unpaired) electrons. The van der Waals surface area contributed by atoms with Crippen LogP contribution in [0.3, 0.4) is 0 Å². The molecule has 3 aromatic rings. The number of hydrogen-bond acceptors (Lipinski definition) is 5. The van der Waals surface area contributed by atoms with E-state index < -0.39 is 0 Å². The number of benzene rings is 1. The lowest BCUT2D eigenvalue weighted by atomic mass is 10.2. The summed E-state index contributed by atoms with van der Waals surface area (Å²) in [5.74, 6) is 0.0198. The molecule has 1 aromatic carbocycles. The lowest BCUT2D eigenvalue weighted by Crippen LogP contribution is -2.19. The number of hydrogen-bond donors (Lipinski definition) is 2. The first-order valence-corrected chi connectivity index (χ1v) is 9.09. The highest BCUT2D eigenvalue weighted by Gasteiger charge is 2.12. The van der Waals surface area contributed by atoms with Crippen molar-refractivity contribution in [3.8, 4) is 0 Å². The Hall–Kier alpha value is -2.61. The molecule has 0 fully saturated rings. The number of amides is 1. The van der Waals surface area contributed by atoms with E-state index in [0.717, 1.165) is 29.4 Å². The molecule has 25 heavy (non-hydrogen) atoms. The molecule has 130 valence electrons. The third-order valence-corrected chi connectivity index (χ3v) is 4.69. The van der Waals surface area contributed by atoms with Crippen LogP contribution in [0.25, 0.3) is 10.9 Å². The van der Waals surface area contributed by atoms with Crippen LogP contribution in [-0.4, -0.2) is 31.4 Å². The molecular formula is C17H19N5O2S. The number of fused-ring (bicyclic) bond motifs is 1. The lowest BCUT2D eigenvalue weighted by molar-refractivity contribution is -0.113. The van der Waals surface area contributed by atoms with Gasteiger partial charge in [0.05, 0.1) is 17.0 Å². The zero-order valence-electron chi connectivity index (χ0n) is 13.9. The molecule has 3 rings (SSSR count). The summed E-state index contributed by atoms with van der Waals surface area (Å²) in [6.07, 6.45) is 3.59. The zero-order valence-corrected chi connectivity index (χ0v) is 14.7. The minimum atomic E-state index is -0.239. The van der Waals surface area contributed by atoms with Crippen LogP contribution in [0.15, 0.2) is 46.5 Å². The van der Waals surface area contributed by atoms with E-state index in [0.29, 0.717) is 11.7 Å². The Balaban J connectivity index is 1.66. The Labute approximate surface area is 148 Å². The van der Waals surface area contributed by atoms with Gasteiger partial charge in [-0.15, -0.1) is 5.10 Å². The van der Waals surface area contributed by atoms with Gasteiger partial charge in [-0.05, 0) is 30.7 Å². The second-order valence-electron chi connectivity index (χ2n) is 5.53. The van der Waals surface area contributed by atoms with Crippen LogP contribution in [0.2, 0.25) is 0 Å². The number of aromatic nitrogens is 4. The summed E-state index contributed by atoms with van der Waals surface area (Å²) in [4.78, 5) is 28.3. The van der Waals surface area contributed by atoms with Crippen LogP contribution in [0.5, 0.6) is 0 Å². The molecule has 0 saturated heterocycles. The van der Waals surface area contributed by atoms with E-state index in [1.807, 2.05) is 30.3 Å². The maximum Gasteiger partial charge on any atom is 0.343 e. The second-order valence-corrected chi connectivity index (χ2v) is 6.47. The van der Waals surface area contributed by atoms with Crippen LogP contribution < -0.4 is 11.0 Å². The Morgan fingerprint density at radius 1 is 1.32 bits per heavy atom. The SMILES string of the molecule is CCCCn1c(SCC(=O)Nc2cccc3ncccc23)n[nH]c1=O. The molecule has 0 atom stereocenters. The monoisotopic (exact) mass is 357 g/mol. The Kier molecular flexibility index (Phi) is 5.49. The van der Waals surface area contributed by atoms with Crippen molar-refractivity contribution in [2.75, 3.05) is 11.1 Å². The molecule has 7 nitrogen and oxygen atoms in total. The molecule has 2 aromatic heterocycles. The van der Waals surface area contributed by atoms with Crippen molar-refractivity contribution in [3.63, 3.8) is 0 Å². The van der Waals surface area contributed by atoms with Crippen molar-refractivity contribution < 1.29 is 4.79 Å². The summed E-state index contributed by atoms with van der Waals surface area (Å²) in [6, 6.07) is 9.35. The average Bonchev–Trinajstić information content (AvgIpc) is 2.98. The van der Waals surface area contributed by atoms with Gasteiger partial charge in [0.1, 0.15) is 0 Å². The summed E-state index contributed by atoms with van der Waals surface area (Å²) < 4.78 is 1.57. The summed E-state index contributed by atoms with van der Waals surface area (Å²) >= 11 is 1.24. The number of unbranched alkanes of at least 4 members (excludes halogenated alkanes) is 1. The maximum absolute atomic E-state index is 12.3. The molecule has 1 amide bonds. The highest BCUT2D eigenvalue weighted by atomic mass is 32.2. The van der Waals surface area contributed by atoms with Gasteiger partial charge in [0.2, 0.25) is 5.91 Å². The lowest BCUT2D eigenvalue weighted by Gasteiger charge is -2.08. The number of nitrogens with one attached hydrogen (secondary N) is 2. The van der Waals surface area contributed by atoms with E-state index in [9.17, 15) is 9.59 Å². The Morgan fingerprint density at radius 3 is 3.04 bits per heavy atom. The van der Waals surface area contributed by atoms with Gasteiger partial charge in [-0.1, -0.05) is 31.2 Å². The van der Waals surface area contributed by atoms with E-state index >= 15 is 0 Å². The molecule has 0 aliphatic heterocycles. The van der Waals surface area contributed by atoms with Crippen LogP contribution in [0.4, 0.5) is 5.69 Å². The van der Waals surface area contributed by atoms with Gasteiger partial charge < -0.3 is 5.32 Å². The molecule has 2 N–H and O–H groups in total. The molecule has 0 unspecified atom stereocenters. The highest BCUT2D eigenvalue weighted by molar-refractivity contribution is 7.99. The van der Waals surface area contributed by atoms with Crippen LogP contribution >= 0.6 is 11.8 Å². The summed E-state index contributed by atoms with van der Waals surface area (Å²) in [5, 5.41) is 10.8. The van der Waals surface area contributed by atoms with E-state index in [1.54, 1.807) is 10.8 Å². The van der Waals surface area contributed by atoms with Gasteiger partial charge >= 0.3 is 5.69 Å². The van der Waals surface area contributed by atoms with Crippen molar-refractivity contribution in [2.24, 2.45) is 0 Å². The van der Waals surface area contributed by atoms with Crippen molar-refractivity contribution >= 4 is 34.3 Å². The topological polar surface area (TPSA) is 92.7 Å². The quantitative estimate of drug-likeness (QED) is 0.634. The minimum Gasteiger partial charge on any atom is -0.325 e. The van der Waals surface area contributed by atoms with Crippen molar-refractivity contribution in [3.05, 3.63) is 47.0 Å². The smallest absolute Gasteiger partial charge is 0.325 e.